The molecule has 12 heterocycles. The van der Waals surface area contributed by atoms with Gasteiger partial charge in [-0.15, -0.1) is 0 Å². The van der Waals surface area contributed by atoms with E-state index in [9.17, 15) is 39.3 Å². The number of benzene rings is 3. The van der Waals surface area contributed by atoms with Crippen molar-refractivity contribution < 1.29 is 34.4 Å². The number of rotatable bonds is 14. The molecule has 9 aromatic heterocycles. The van der Waals surface area contributed by atoms with Crippen molar-refractivity contribution in [1.82, 2.24) is 88.1 Å². The van der Waals surface area contributed by atoms with E-state index in [0.717, 1.165) is 52.4 Å². The van der Waals surface area contributed by atoms with Gasteiger partial charge in [-0.3, -0.25) is 24.2 Å². The van der Waals surface area contributed by atoms with E-state index in [1.165, 1.54) is 29.1 Å². The van der Waals surface area contributed by atoms with Crippen LogP contribution in [0.2, 0.25) is 0 Å². The molecule has 0 spiro atoms. The number of ether oxygens (including phenoxy) is 2. The van der Waals surface area contributed by atoms with Crippen LogP contribution in [0.4, 0.5) is 38.5 Å². The van der Waals surface area contributed by atoms with Gasteiger partial charge in [0.15, 0.2) is 39.6 Å². The maximum atomic E-state index is 13.1. The van der Waals surface area contributed by atoms with Gasteiger partial charge in [-0.05, 0) is 216 Å². The van der Waals surface area contributed by atoms with Crippen molar-refractivity contribution in [3.63, 3.8) is 0 Å². The van der Waals surface area contributed by atoms with Gasteiger partial charge in [0, 0.05) is 94.6 Å². The lowest BCUT2D eigenvalue weighted by Gasteiger charge is -2.24. The van der Waals surface area contributed by atoms with Crippen molar-refractivity contribution in [2.45, 2.75) is 196 Å². The molecule has 0 atom stereocenters. The molecule has 0 saturated heterocycles. The highest BCUT2D eigenvalue weighted by molar-refractivity contribution is 7.98. The minimum Gasteiger partial charge on any atom is -0.444 e. The van der Waals surface area contributed by atoms with Crippen LogP contribution in [0.15, 0.2) is 147 Å². The molecule has 15 rings (SSSR count). The molecule has 0 bridgehead atoms. The molecule has 3 aliphatic rings. The lowest BCUT2D eigenvalue weighted by molar-refractivity contribution is 0.0232. The molecule has 0 aliphatic carbocycles. The number of amides is 2. The van der Waals surface area contributed by atoms with Crippen LogP contribution in [0.25, 0.3) is 50.6 Å². The van der Waals surface area contributed by atoms with Gasteiger partial charge in [0.25, 0.3) is 16.7 Å². The first-order valence-electron chi connectivity index (χ1n) is 36.8. The van der Waals surface area contributed by atoms with Crippen LogP contribution in [-0.2, 0) is 85.2 Å². The smallest absolute Gasteiger partial charge is 0.410 e. The zero-order chi connectivity index (χ0) is 80.7. The monoisotopic (exact) mass is 1540 g/mol. The second kappa shape index (κ2) is 31.6. The third-order valence-electron chi connectivity index (χ3n) is 18.4. The Morgan fingerprint density at radius 3 is 1.21 bits per heavy atom. The second-order valence-electron chi connectivity index (χ2n) is 30.8. The minimum atomic E-state index is -1.15. The fourth-order valence-electron chi connectivity index (χ4n) is 12.9. The van der Waals surface area contributed by atoms with E-state index in [2.05, 4.69) is 72.9 Å². The zero-order valence-electron chi connectivity index (χ0n) is 65.8. The predicted molar refractivity (Wildman–Crippen MR) is 429 cm³/mol. The maximum Gasteiger partial charge on any atom is 0.410 e. The lowest BCUT2D eigenvalue weighted by Crippen LogP contribution is -2.33. The number of nitrogens with two attached hydrogens (primary N) is 1. The summed E-state index contributed by atoms with van der Waals surface area (Å²) >= 11 is 1.41. The summed E-state index contributed by atoms with van der Waals surface area (Å²) in [6, 6.07) is 33.8. The third-order valence-corrected chi connectivity index (χ3v) is 18.9. The van der Waals surface area contributed by atoms with E-state index in [-0.39, 0.29) is 28.9 Å². The van der Waals surface area contributed by atoms with Crippen molar-refractivity contribution in [3.8, 4) is 17.5 Å². The van der Waals surface area contributed by atoms with E-state index in [4.69, 9.17) is 15.2 Å². The number of thioether (sulfide) groups is 1. The van der Waals surface area contributed by atoms with E-state index in [0.29, 0.717) is 131 Å². The highest BCUT2D eigenvalue weighted by atomic mass is 32.2. The summed E-state index contributed by atoms with van der Waals surface area (Å²) in [7, 11) is 0. The molecule has 3 aliphatic heterocycles. The van der Waals surface area contributed by atoms with Crippen molar-refractivity contribution >= 4 is 86.0 Å². The summed E-state index contributed by atoms with van der Waals surface area (Å²) in [5.74, 6) is 2.21. The number of hydrogen-bond acceptors (Lipinski definition) is 24. The number of aliphatic hydroxyl groups is 3. The summed E-state index contributed by atoms with van der Waals surface area (Å²) < 4.78 is 20.6. The largest absolute Gasteiger partial charge is 0.444 e. The van der Waals surface area contributed by atoms with Crippen molar-refractivity contribution in [1.29, 1.82) is 0 Å². The molecule has 586 valence electrons. The Hall–Kier alpha value is -11.7. The standard InChI is InChI=1S/C28H33N7O4.C23H25N7O2.C16H19N5O2S.C13H18N2O2/c1-7-34-24(36)20-14-29-25(32-23(20)35(34)22-10-8-9-21(31-22)28(5,6)38)30-19-12-11-17-15-33(16-18(17)13-19)26(37)39-27(2,3)4;1-4-29-21(31)17-13-25-22(26-16-9-8-14-11-24-12-15(14)10-16)28-20(17)30(29)19-7-5-6-18(27-19)23(2,3)32;1-5-20-14(22)10-9-17-15(24-4)19-13(10)21(20)12-8-6-7-11(18-12)16(2,3)23;1-13(2,3)17-12(16)15-7-9-4-5-11(14)6-10(9)8-15/h8-14,38H,7,15-16H2,1-6H3,(H,29,30,32);5-10,13,24,32H,4,11-12H2,1-3H3,(H,25,26,28);6-9,23H,5H2,1-4H3;4-6H,7-8,14H2,1-3H3. The van der Waals surface area contributed by atoms with Crippen LogP contribution >= 0.6 is 11.8 Å². The second-order valence-corrected chi connectivity index (χ2v) is 31.6. The van der Waals surface area contributed by atoms with Crippen LogP contribution < -0.4 is 38.4 Å². The number of carbonyl (C=O) groups excluding carboxylic acids is 2. The quantitative estimate of drug-likeness (QED) is 0.0302. The summed E-state index contributed by atoms with van der Waals surface area (Å²) in [5.41, 5.74) is 12.9. The number of aromatic nitrogens is 15. The van der Waals surface area contributed by atoms with Crippen LogP contribution in [0.5, 0.6) is 0 Å². The average molecular weight is 1540 g/mol. The fourth-order valence-corrected chi connectivity index (χ4v) is 13.3. The normalized spacial score (nSPS) is 13.4. The van der Waals surface area contributed by atoms with Crippen molar-refractivity contribution in [2.75, 3.05) is 22.6 Å². The van der Waals surface area contributed by atoms with E-state index >= 15 is 0 Å². The predicted octanol–water partition coefficient (Wildman–Crippen LogP) is 11.3. The molecule has 0 fully saturated rings. The van der Waals surface area contributed by atoms with Crippen molar-refractivity contribution in [3.05, 3.63) is 209 Å². The van der Waals surface area contributed by atoms with Crippen molar-refractivity contribution in [2.24, 2.45) is 0 Å². The number of anilines is 5. The Morgan fingerprint density at radius 1 is 0.464 bits per heavy atom. The number of fused-ring (bicyclic) bond motifs is 6. The SMILES string of the molecule is CC(C)(C)OC(=O)N1Cc2ccc(N)cc2C1.CCn1c(=O)c2cnc(Nc3ccc4c(c3)CN(C(=O)OC(C)(C)C)C4)nc2n1-c1cccc(C(C)(C)O)n1.CCn1c(=O)c2cnc(Nc3ccc4c(c3)CNC4)nc2n1-c1cccc(C(C)(C)O)n1.CCn1c(=O)c2cnc(SC)nc2n1-c1cccc(C(C)(C)O)n1. The molecular weight excluding hydrogens is 1450 g/mol. The molecule has 0 unspecified atom stereocenters. The highest BCUT2D eigenvalue weighted by Crippen LogP contribution is 2.32. The third kappa shape index (κ3) is 17.5. The molecule has 0 saturated carbocycles. The first kappa shape index (κ1) is 79.8. The molecule has 112 heavy (non-hydrogen) atoms. The van der Waals surface area contributed by atoms with Gasteiger partial charge in [0.1, 0.15) is 44.2 Å². The Bertz CT molecular complexity index is 5750. The molecule has 0 radical (unpaired) electrons. The van der Waals surface area contributed by atoms with Gasteiger partial charge in [-0.2, -0.15) is 9.97 Å². The van der Waals surface area contributed by atoms with E-state index < -0.39 is 28.0 Å². The highest BCUT2D eigenvalue weighted by Gasteiger charge is 2.32. The van der Waals surface area contributed by atoms with Crippen LogP contribution in [0.3, 0.4) is 0 Å². The van der Waals surface area contributed by atoms with Crippen LogP contribution in [-0.4, -0.2) is 128 Å². The Labute approximate surface area is 650 Å². The van der Waals surface area contributed by atoms with Gasteiger partial charge in [-0.1, -0.05) is 48.2 Å². The fraction of sp³-hybridized carbons (Fsp3) is 0.375. The number of nitrogens with zero attached hydrogens (tertiary/aromatic N) is 17. The minimum absolute atomic E-state index is 0.157. The van der Waals surface area contributed by atoms with Crippen LogP contribution in [0, 0.1) is 0 Å². The summed E-state index contributed by atoms with van der Waals surface area (Å²) in [4.78, 5) is 107. The number of hydrogen-bond donors (Lipinski definition) is 7. The number of nitrogens with one attached hydrogen (secondary N) is 3. The Kier molecular flexibility index (Phi) is 22.5. The van der Waals surface area contributed by atoms with E-state index in [1.807, 2.05) is 123 Å². The van der Waals surface area contributed by atoms with Gasteiger partial charge in [0.05, 0.1) is 17.1 Å². The van der Waals surface area contributed by atoms with Crippen LogP contribution in [0.1, 0.15) is 154 Å². The molecule has 8 N–H and O–H groups in total. The Balaban J connectivity index is 0.000000144. The first-order chi connectivity index (χ1) is 52.9. The molecule has 3 aromatic carbocycles. The Morgan fingerprint density at radius 2 is 0.821 bits per heavy atom. The molecule has 31 nitrogen and oxygen atoms in total. The zero-order valence-corrected chi connectivity index (χ0v) is 66.6. The van der Waals surface area contributed by atoms with E-state index in [1.54, 1.807) is 134 Å². The lowest BCUT2D eigenvalue weighted by atomic mass is 10.1. The molecule has 32 heteroatoms. The number of carbonyl (C=O) groups is 2. The molecule has 2 amide bonds. The number of pyridine rings is 3. The number of nitrogen functional groups attached to an aromatic ring is 1. The van der Waals surface area contributed by atoms with Gasteiger partial charge in [-0.25, -0.2) is 72.6 Å². The average Bonchev–Trinajstić information content (AvgIpc) is 1.61. The summed E-state index contributed by atoms with van der Waals surface area (Å²) in [5, 5.41) is 42.7. The molecule has 12 aromatic rings. The summed E-state index contributed by atoms with van der Waals surface area (Å²) in [6.07, 6.45) is 5.87. The van der Waals surface area contributed by atoms with Gasteiger partial charge < -0.3 is 46.5 Å². The topological polar surface area (TPSA) is 379 Å². The molecular formula is C80H95N21O10S. The van der Waals surface area contributed by atoms with Gasteiger partial charge in [0.2, 0.25) is 11.9 Å². The summed E-state index contributed by atoms with van der Waals surface area (Å²) in [6.45, 7) is 32.0. The maximum absolute atomic E-state index is 13.1. The van der Waals surface area contributed by atoms with Gasteiger partial charge >= 0.3 is 12.2 Å². The first-order valence-corrected chi connectivity index (χ1v) is 38.0.